The molecule has 3 aromatic rings. The lowest BCUT2D eigenvalue weighted by Crippen LogP contribution is -2.29. The molecule has 1 fully saturated rings. The number of hydrogen-bond donors (Lipinski definition) is 1. The molecule has 7 heteroatoms. The van der Waals surface area contributed by atoms with Crippen LogP contribution in [0.3, 0.4) is 0 Å². The molecule has 0 saturated carbocycles. The van der Waals surface area contributed by atoms with E-state index >= 15 is 0 Å². The fraction of sp³-hybridized carbons (Fsp3) is 0.167. The summed E-state index contributed by atoms with van der Waals surface area (Å²) in [4.78, 5) is 28.4. The minimum Gasteiger partial charge on any atom is -0.507 e. The van der Waals surface area contributed by atoms with Gasteiger partial charge in [0.15, 0.2) is 0 Å². The SMILES string of the molecule is CCOc1ccc(/C(O)=C2/C(=O)C(=O)N(c3ccccc3OC)C2c2cccs2)cc1. The van der Waals surface area contributed by atoms with Gasteiger partial charge in [-0.05, 0) is 54.8 Å². The van der Waals surface area contributed by atoms with Gasteiger partial charge in [-0.15, -0.1) is 11.3 Å². The second-order valence-corrected chi connectivity index (χ2v) is 7.79. The zero-order chi connectivity index (χ0) is 22.0. The number of Topliss-reactive ketones (excluding diaryl/α,β-unsaturated/α-hetero) is 1. The summed E-state index contributed by atoms with van der Waals surface area (Å²) < 4.78 is 10.9. The predicted molar refractivity (Wildman–Crippen MR) is 120 cm³/mol. The monoisotopic (exact) mass is 435 g/mol. The second kappa shape index (κ2) is 8.65. The van der Waals surface area contributed by atoms with Crippen LogP contribution in [0.1, 0.15) is 23.4 Å². The molecule has 1 unspecified atom stereocenters. The number of methoxy groups -OCH3 is 1. The van der Waals surface area contributed by atoms with Crippen molar-refractivity contribution in [3.05, 3.63) is 82.1 Å². The zero-order valence-electron chi connectivity index (χ0n) is 17.1. The van der Waals surface area contributed by atoms with Crippen molar-refractivity contribution in [3.8, 4) is 11.5 Å². The molecule has 1 aliphatic heterocycles. The molecule has 0 spiro atoms. The molecule has 0 bridgehead atoms. The van der Waals surface area contributed by atoms with Gasteiger partial charge in [-0.25, -0.2) is 0 Å². The van der Waals surface area contributed by atoms with Gasteiger partial charge in [0.05, 0.1) is 25.0 Å². The van der Waals surface area contributed by atoms with Crippen LogP contribution in [0.25, 0.3) is 5.76 Å². The summed E-state index contributed by atoms with van der Waals surface area (Å²) in [6.45, 7) is 2.40. The highest BCUT2D eigenvalue weighted by Crippen LogP contribution is 2.45. The first-order valence-electron chi connectivity index (χ1n) is 9.77. The Kier molecular flexibility index (Phi) is 5.77. The number of rotatable bonds is 6. The van der Waals surface area contributed by atoms with E-state index in [4.69, 9.17) is 9.47 Å². The van der Waals surface area contributed by atoms with Gasteiger partial charge in [0.25, 0.3) is 11.7 Å². The average molecular weight is 436 g/mol. The number of anilines is 1. The third-order valence-electron chi connectivity index (χ3n) is 5.04. The number of thiophene rings is 1. The van der Waals surface area contributed by atoms with Crippen LogP contribution in [-0.4, -0.2) is 30.5 Å². The number of benzene rings is 2. The van der Waals surface area contributed by atoms with E-state index in [0.29, 0.717) is 29.4 Å². The molecule has 1 atom stereocenters. The van der Waals surface area contributed by atoms with E-state index < -0.39 is 17.7 Å². The smallest absolute Gasteiger partial charge is 0.300 e. The third kappa shape index (κ3) is 3.68. The largest absolute Gasteiger partial charge is 0.507 e. The molecule has 2 heterocycles. The van der Waals surface area contributed by atoms with E-state index in [1.54, 1.807) is 48.5 Å². The minimum absolute atomic E-state index is 0.0440. The Morgan fingerprint density at radius 2 is 1.81 bits per heavy atom. The number of carbonyl (C=O) groups is 2. The summed E-state index contributed by atoms with van der Waals surface area (Å²) >= 11 is 1.41. The molecule has 0 radical (unpaired) electrons. The van der Waals surface area contributed by atoms with Crippen LogP contribution in [0.15, 0.2) is 71.6 Å². The fourth-order valence-electron chi connectivity index (χ4n) is 3.66. The third-order valence-corrected chi connectivity index (χ3v) is 5.97. The molecule has 31 heavy (non-hydrogen) atoms. The van der Waals surface area contributed by atoms with Crippen LogP contribution < -0.4 is 14.4 Å². The van der Waals surface area contributed by atoms with E-state index in [2.05, 4.69) is 0 Å². The number of ketones is 1. The molecule has 1 aromatic heterocycles. The highest BCUT2D eigenvalue weighted by Gasteiger charge is 2.48. The van der Waals surface area contributed by atoms with Gasteiger partial charge in [0, 0.05) is 10.4 Å². The summed E-state index contributed by atoms with van der Waals surface area (Å²) in [6.07, 6.45) is 0. The van der Waals surface area contributed by atoms with Gasteiger partial charge in [0.2, 0.25) is 0 Å². The number of nitrogens with zero attached hydrogens (tertiary/aromatic N) is 1. The first-order chi connectivity index (χ1) is 15.1. The molecule has 1 amide bonds. The topological polar surface area (TPSA) is 76.1 Å². The van der Waals surface area contributed by atoms with Crippen LogP contribution >= 0.6 is 11.3 Å². The van der Waals surface area contributed by atoms with Crippen molar-refractivity contribution < 1.29 is 24.2 Å². The summed E-state index contributed by atoms with van der Waals surface area (Å²) in [5.41, 5.74) is 0.946. The number of hydrogen-bond acceptors (Lipinski definition) is 6. The van der Waals surface area contributed by atoms with E-state index in [9.17, 15) is 14.7 Å². The van der Waals surface area contributed by atoms with Gasteiger partial charge in [0.1, 0.15) is 23.3 Å². The molecular weight excluding hydrogens is 414 g/mol. The molecule has 0 aliphatic carbocycles. The van der Waals surface area contributed by atoms with E-state index in [-0.39, 0.29) is 11.3 Å². The van der Waals surface area contributed by atoms with E-state index in [1.807, 2.05) is 24.4 Å². The predicted octanol–water partition coefficient (Wildman–Crippen LogP) is 4.78. The van der Waals surface area contributed by atoms with Gasteiger partial charge in [-0.3, -0.25) is 14.5 Å². The number of aliphatic hydroxyl groups excluding tert-OH is 1. The molecule has 1 saturated heterocycles. The Morgan fingerprint density at radius 1 is 1.06 bits per heavy atom. The zero-order valence-corrected chi connectivity index (χ0v) is 17.9. The van der Waals surface area contributed by atoms with E-state index in [0.717, 1.165) is 4.88 Å². The van der Waals surface area contributed by atoms with Crippen molar-refractivity contribution >= 4 is 34.5 Å². The molecule has 1 aliphatic rings. The van der Waals surface area contributed by atoms with Crippen molar-refractivity contribution in [2.75, 3.05) is 18.6 Å². The Hall–Kier alpha value is -3.58. The van der Waals surface area contributed by atoms with Crippen LogP contribution in [0.2, 0.25) is 0 Å². The van der Waals surface area contributed by atoms with Crippen molar-refractivity contribution in [3.63, 3.8) is 0 Å². The number of para-hydroxylation sites is 2. The van der Waals surface area contributed by atoms with Gasteiger partial charge in [-0.1, -0.05) is 18.2 Å². The average Bonchev–Trinajstić information content (AvgIpc) is 3.41. The second-order valence-electron chi connectivity index (χ2n) is 6.81. The number of amides is 1. The summed E-state index contributed by atoms with van der Waals surface area (Å²) in [5.74, 6) is -0.557. The highest BCUT2D eigenvalue weighted by molar-refractivity contribution is 7.10. The number of carbonyl (C=O) groups excluding carboxylic acids is 2. The maximum absolute atomic E-state index is 13.1. The number of aliphatic hydroxyl groups is 1. The molecule has 6 nitrogen and oxygen atoms in total. The molecule has 158 valence electrons. The van der Waals surface area contributed by atoms with Crippen LogP contribution in [0.4, 0.5) is 5.69 Å². The summed E-state index contributed by atoms with van der Waals surface area (Å²) in [5, 5.41) is 13.0. The van der Waals surface area contributed by atoms with Crippen LogP contribution in [-0.2, 0) is 9.59 Å². The van der Waals surface area contributed by atoms with Gasteiger partial charge >= 0.3 is 0 Å². The summed E-state index contributed by atoms with van der Waals surface area (Å²) in [6, 6.07) is 16.7. The van der Waals surface area contributed by atoms with E-state index in [1.165, 1.54) is 23.3 Å². The molecule has 1 N–H and O–H groups in total. The maximum Gasteiger partial charge on any atom is 0.300 e. The first kappa shape index (κ1) is 20.7. The lowest BCUT2D eigenvalue weighted by atomic mass is 9.99. The van der Waals surface area contributed by atoms with Crippen molar-refractivity contribution in [1.82, 2.24) is 0 Å². The van der Waals surface area contributed by atoms with Gasteiger partial charge < -0.3 is 14.6 Å². The van der Waals surface area contributed by atoms with Crippen molar-refractivity contribution in [2.24, 2.45) is 0 Å². The first-order valence-corrected chi connectivity index (χ1v) is 10.7. The highest BCUT2D eigenvalue weighted by atomic mass is 32.1. The summed E-state index contributed by atoms with van der Waals surface area (Å²) in [7, 11) is 1.51. The molecule has 4 rings (SSSR count). The van der Waals surface area contributed by atoms with Gasteiger partial charge in [-0.2, -0.15) is 0 Å². The lowest BCUT2D eigenvalue weighted by molar-refractivity contribution is -0.132. The standard InChI is InChI=1S/C24H21NO5S/c1-3-30-16-12-10-15(11-13-16)22(26)20-21(19-9-6-14-31-19)25(24(28)23(20)27)17-7-4-5-8-18(17)29-2/h4-14,21,26H,3H2,1-2H3/b22-20-. The lowest BCUT2D eigenvalue weighted by Gasteiger charge is -2.25. The fourth-order valence-corrected chi connectivity index (χ4v) is 4.48. The maximum atomic E-state index is 13.1. The number of ether oxygens (including phenoxy) is 2. The molecule has 2 aromatic carbocycles. The Morgan fingerprint density at radius 3 is 2.45 bits per heavy atom. The Balaban J connectivity index is 1.88. The van der Waals surface area contributed by atoms with Crippen molar-refractivity contribution in [1.29, 1.82) is 0 Å². The van der Waals surface area contributed by atoms with Crippen LogP contribution in [0.5, 0.6) is 11.5 Å². The van der Waals surface area contributed by atoms with Crippen LogP contribution in [0, 0.1) is 0 Å². The quantitative estimate of drug-likeness (QED) is 0.343. The Bertz CT molecular complexity index is 1140. The Labute approximate surface area is 184 Å². The molecular formula is C24H21NO5S. The normalized spacial score (nSPS) is 17.7. The minimum atomic E-state index is -0.761. The van der Waals surface area contributed by atoms with Crippen molar-refractivity contribution in [2.45, 2.75) is 13.0 Å².